The van der Waals surface area contributed by atoms with Crippen molar-refractivity contribution in [2.24, 2.45) is 12.8 Å². The Morgan fingerprint density at radius 2 is 1.72 bits per heavy atom. The molecule has 3 aliphatic rings. The first kappa shape index (κ1) is 24.5. The number of piperazine rings is 1. The van der Waals surface area contributed by atoms with Crippen LogP contribution in [0.1, 0.15) is 38.1 Å². The second-order valence-corrected chi connectivity index (χ2v) is 10.1. The highest BCUT2D eigenvalue weighted by Gasteiger charge is 2.31. The van der Waals surface area contributed by atoms with Crippen LogP contribution >= 0.6 is 0 Å². The Morgan fingerprint density at radius 1 is 1.00 bits per heavy atom. The number of benzene rings is 1. The molecule has 1 atom stereocenters. The third-order valence-electron chi connectivity index (χ3n) is 7.87. The number of aryl methyl sites for hydroxylation is 1. The van der Waals surface area contributed by atoms with Crippen LogP contribution in [0.3, 0.4) is 0 Å². The smallest absolute Gasteiger partial charge is 0.329 e. The first-order valence-electron chi connectivity index (χ1n) is 12.9. The Labute approximate surface area is 209 Å². The highest BCUT2D eigenvalue weighted by Crippen LogP contribution is 2.27. The van der Waals surface area contributed by atoms with E-state index in [1.807, 2.05) is 23.1 Å². The van der Waals surface area contributed by atoms with Gasteiger partial charge in [0.15, 0.2) is 0 Å². The van der Waals surface area contributed by atoms with Gasteiger partial charge in [0.25, 0.3) is 0 Å². The van der Waals surface area contributed by atoms with E-state index in [0.29, 0.717) is 37.5 Å². The predicted molar refractivity (Wildman–Crippen MR) is 136 cm³/mol. The Bertz CT molecular complexity index is 1220. The quantitative estimate of drug-likeness (QED) is 0.547. The number of imidazole rings is 1. The van der Waals surface area contributed by atoms with E-state index >= 15 is 0 Å². The number of fused-ring (bicyclic) bond motifs is 1. The number of amides is 3. The van der Waals surface area contributed by atoms with E-state index in [1.54, 1.807) is 11.6 Å². The van der Waals surface area contributed by atoms with E-state index in [2.05, 4.69) is 15.1 Å². The monoisotopic (exact) mass is 497 g/mol. The molecule has 3 saturated heterocycles. The number of likely N-dealkylation sites (tertiary alicyclic amines) is 1. The van der Waals surface area contributed by atoms with Gasteiger partial charge in [-0.3, -0.25) is 28.8 Å². The molecule has 0 bridgehead atoms. The van der Waals surface area contributed by atoms with Crippen molar-refractivity contribution in [3.63, 3.8) is 0 Å². The number of nitrogens with zero attached hydrogens (tertiary/aromatic N) is 5. The molecule has 11 nitrogen and oxygen atoms in total. The molecule has 194 valence electrons. The summed E-state index contributed by atoms with van der Waals surface area (Å²) in [5, 5.41) is 2.34. The molecule has 3 amide bonds. The minimum absolute atomic E-state index is 0.198. The second-order valence-electron chi connectivity index (χ2n) is 10.1. The number of nitrogens with two attached hydrogens (primary N) is 1. The molecule has 1 aromatic heterocycles. The molecule has 2 aromatic rings. The molecule has 0 spiro atoms. The van der Waals surface area contributed by atoms with Crippen LogP contribution in [-0.2, 0) is 21.4 Å². The van der Waals surface area contributed by atoms with Crippen molar-refractivity contribution < 1.29 is 14.4 Å². The van der Waals surface area contributed by atoms with E-state index in [-0.39, 0.29) is 23.9 Å². The summed E-state index contributed by atoms with van der Waals surface area (Å²) in [6.07, 6.45) is 3.07. The number of nitrogens with one attached hydrogen (secondary N) is 1. The molecule has 0 radical (unpaired) electrons. The topological polar surface area (TPSA) is 126 Å². The van der Waals surface area contributed by atoms with Gasteiger partial charge in [-0.15, -0.1) is 0 Å². The van der Waals surface area contributed by atoms with Gasteiger partial charge in [0.1, 0.15) is 6.04 Å². The molecule has 0 saturated carbocycles. The lowest BCUT2D eigenvalue weighted by atomic mass is 10.1. The van der Waals surface area contributed by atoms with Crippen LogP contribution in [0.5, 0.6) is 0 Å². The molecule has 1 aromatic carbocycles. The van der Waals surface area contributed by atoms with Crippen LogP contribution < -0.4 is 21.6 Å². The van der Waals surface area contributed by atoms with Gasteiger partial charge < -0.3 is 20.4 Å². The van der Waals surface area contributed by atoms with Gasteiger partial charge in [-0.2, -0.15) is 0 Å². The molecule has 5 rings (SSSR count). The van der Waals surface area contributed by atoms with Crippen LogP contribution in [-0.4, -0.2) is 88.5 Å². The molecule has 0 aliphatic carbocycles. The van der Waals surface area contributed by atoms with E-state index < -0.39 is 11.9 Å². The Balaban J connectivity index is 1.23. The van der Waals surface area contributed by atoms with Gasteiger partial charge in [0, 0.05) is 64.3 Å². The summed E-state index contributed by atoms with van der Waals surface area (Å²) in [5.74, 6) is -0.543. The first-order chi connectivity index (χ1) is 17.3. The van der Waals surface area contributed by atoms with Crippen molar-refractivity contribution in [2.45, 2.75) is 44.2 Å². The number of rotatable bonds is 5. The number of hydrogen-bond acceptors (Lipinski definition) is 7. The summed E-state index contributed by atoms with van der Waals surface area (Å²) in [5.41, 5.74) is 8.09. The van der Waals surface area contributed by atoms with E-state index in [1.165, 1.54) is 4.57 Å². The van der Waals surface area contributed by atoms with Crippen molar-refractivity contribution in [3.05, 3.63) is 28.7 Å². The number of hydrogen-bond donors (Lipinski definition) is 2. The van der Waals surface area contributed by atoms with Crippen molar-refractivity contribution in [3.8, 4) is 0 Å². The van der Waals surface area contributed by atoms with Gasteiger partial charge in [0.2, 0.25) is 17.7 Å². The lowest BCUT2D eigenvalue weighted by molar-refractivity contribution is -0.136. The van der Waals surface area contributed by atoms with Crippen molar-refractivity contribution in [1.29, 1.82) is 0 Å². The number of piperidine rings is 2. The maximum atomic E-state index is 13.0. The summed E-state index contributed by atoms with van der Waals surface area (Å²) in [6, 6.07) is 5.40. The van der Waals surface area contributed by atoms with Gasteiger partial charge in [0.05, 0.1) is 11.0 Å². The van der Waals surface area contributed by atoms with Crippen LogP contribution in [0, 0.1) is 0 Å². The predicted octanol–water partition coefficient (Wildman–Crippen LogP) is -0.220. The standard InChI is InChI=1S/C25H35N7O4/c1-28-21-16-18(2-3-19(21)32(25(28)36)20-4-5-22(33)27-24(20)35)30-12-14-31(15-13-30)23(34)8-11-29-9-6-17(26)7-10-29/h2-3,16-17,20H,4-15,26H2,1H3,(H,27,33,35). The van der Waals surface area contributed by atoms with Gasteiger partial charge in [-0.05, 0) is 50.6 Å². The van der Waals surface area contributed by atoms with Gasteiger partial charge >= 0.3 is 5.69 Å². The second kappa shape index (κ2) is 10.1. The maximum absolute atomic E-state index is 13.0. The molecule has 4 heterocycles. The van der Waals surface area contributed by atoms with Crippen molar-refractivity contribution in [2.75, 3.05) is 50.7 Å². The molecular formula is C25H35N7O4. The minimum atomic E-state index is -0.694. The number of anilines is 1. The summed E-state index contributed by atoms with van der Waals surface area (Å²) in [6.45, 7) is 5.50. The highest BCUT2D eigenvalue weighted by molar-refractivity contribution is 6.00. The Kier molecular flexibility index (Phi) is 6.85. The third-order valence-corrected chi connectivity index (χ3v) is 7.87. The minimum Gasteiger partial charge on any atom is -0.368 e. The molecule has 1 unspecified atom stereocenters. The summed E-state index contributed by atoms with van der Waals surface area (Å²) < 4.78 is 3.04. The number of aromatic nitrogens is 2. The zero-order chi connectivity index (χ0) is 25.4. The normalized spacial score (nSPS) is 22.3. The lowest BCUT2D eigenvalue weighted by Crippen LogP contribution is -2.49. The summed E-state index contributed by atoms with van der Waals surface area (Å²) >= 11 is 0. The fourth-order valence-corrected chi connectivity index (χ4v) is 5.58. The Hall–Kier alpha value is -3.18. The summed E-state index contributed by atoms with van der Waals surface area (Å²) in [4.78, 5) is 56.2. The number of carbonyl (C=O) groups excluding carboxylic acids is 3. The van der Waals surface area contributed by atoms with Crippen LogP contribution in [0.25, 0.3) is 11.0 Å². The van der Waals surface area contributed by atoms with Gasteiger partial charge in [-0.25, -0.2) is 4.79 Å². The lowest BCUT2D eigenvalue weighted by Gasteiger charge is -2.37. The van der Waals surface area contributed by atoms with Crippen molar-refractivity contribution in [1.82, 2.24) is 24.3 Å². The van der Waals surface area contributed by atoms with Crippen LogP contribution in [0.2, 0.25) is 0 Å². The molecule has 3 N–H and O–H groups in total. The SMILES string of the molecule is Cn1c(=O)n(C2CCC(=O)NC2=O)c2ccc(N3CCN(C(=O)CCN4CCC(N)CC4)CC3)cc21. The molecule has 3 aliphatic heterocycles. The third kappa shape index (κ3) is 4.77. The van der Waals surface area contributed by atoms with E-state index in [9.17, 15) is 19.2 Å². The zero-order valence-corrected chi connectivity index (χ0v) is 20.8. The van der Waals surface area contributed by atoms with E-state index in [4.69, 9.17) is 5.73 Å². The van der Waals surface area contributed by atoms with E-state index in [0.717, 1.165) is 56.8 Å². The van der Waals surface area contributed by atoms with Crippen LogP contribution in [0.15, 0.2) is 23.0 Å². The fourth-order valence-electron chi connectivity index (χ4n) is 5.58. The number of carbonyl (C=O) groups is 3. The summed E-state index contributed by atoms with van der Waals surface area (Å²) in [7, 11) is 1.70. The average molecular weight is 498 g/mol. The molecular weight excluding hydrogens is 462 g/mol. The number of imide groups is 1. The Morgan fingerprint density at radius 3 is 2.42 bits per heavy atom. The molecule has 3 fully saturated rings. The largest absolute Gasteiger partial charge is 0.368 e. The first-order valence-corrected chi connectivity index (χ1v) is 12.9. The molecule has 36 heavy (non-hydrogen) atoms. The van der Waals surface area contributed by atoms with Crippen molar-refractivity contribution >= 4 is 34.4 Å². The van der Waals surface area contributed by atoms with Gasteiger partial charge in [-0.1, -0.05) is 0 Å². The van der Waals surface area contributed by atoms with Crippen LogP contribution in [0.4, 0.5) is 5.69 Å². The fraction of sp³-hybridized carbons (Fsp3) is 0.600. The molecule has 11 heteroatoms. The zero-order valence-electron chi connectivity index (χ0n) is 20.8. The average Bonchev–Trinajstić information content (AvgIpc) is 3.13. The maximum Gasteiger partial charge on any atom is 0.329 e. The highest BCUT2D eigenvalue weighted by atomic mass is 16.2.